The first kappa shape index (κ1) is 12.6. The van der Waals surface area contributed by atoms with Crippen molar-refractivity contribution in [2.45, 2.75) is 31.3 Å². The summed E-state index contributed by atoms with van der Waals surface area (Å²) in [7, 11) is 0. The molecule has 1 amide bonds. The summed E-state index contributed by atoms with van der Waals surface area (Å²) in [6.07, 6.45) is 3.19. The molecule has 2 atom stereocenters. The Kier molecular flexibility index (Phi) is 3.99. The number of β-lactam (4-membered cyclic amide) rings is 1. The van der Waals surface area contributed by atoms with E-state index in [1.807, 2.05) is 12.1 Å². The van der Waals surface area contributed by atoms with Gasteiger partial charge in [-0.05, 0) is 18.6 Å². The zero-order valence-corrected chi connectivity index (χ0v) is 9.93. The number of esters is 1. The minimum Gasteiger partial charge on any atom is -0.469 e. The van der Waals surface area contributed by atoms with Crippen LogP contribution in [-0.2, 0) is 20.7 Å². The van der Waals surface area contributed by atoms with Crippen molar-refractivity contribution in [3.05, 3.63) is 24.2 Å². The summed E-state index contributed by atoms with van der Waals surface area (Å²) in [5.41, 5.74) is 5.50. The fraction of sp³-hybridized carbons (Fsp3) is 0.500. The van der Waals surface area contributed by atoms with E-state index in [-0.39, 0.29) is 24.3 Å². The van der Waals surface area contributed by atoms with Gasteiger partial charge >= 0.3 is 5.97 Å². The Morgan fingerprint density at radius 1 is 1.56 bits per heavy atom. The molecule has 1 aliphatic rings. The van der Waals surface area contributed by atoms with Crippen molar-refractivity contribution in [2.24, 2.45) is 5.73 Å². The maximum atomic E-state index is 11.4. The predicted molar refractivity (Wildman–Crippen MR) is 62.5 cm³/mol. The normalized spacial score (nSPS) is 22.2. The van der Waals surface area contributed by atoms with Crippen LogP contribution < -0.4 is 11.1 Å². The highest BCUT2D eigenvalue weighted by atomic mass is 16.5. The van der Waals surface area contributed by atoms with Crippen LogP contribution in [0.2, 0.25) is 0 Å². The molecule has 98 valence electrons. The van der Waals surface area contributed by atoms with E-state index in [0.717, 1.165) is 12.2 Å². The highest BCUT2D eigenvalue weighted by Crippen LogP contribution is 2.09. The smallest absolute Gasteiger partial charge is 0.307 e. The topological polar surface area (TPSA) is 94.6 Å². The molecule has 0 saturated carbocycles. The van der Waals surface area contributed by atoms with Crippen molar-refractivity contribution < 1.29 is 18.7 Å². The molecule has 18 heavy (non-hydrogen) atoms. The van der Waals surface area contributed by atoms with Crippen LogP contribution in [0, 0.1) is 0 Å². The van der Waals surface area contributed by atoms with Crippen LogP contribution in [0.15, 0.2) is 22.8 Å². The zero-order valence-electron chi connectivity index (χ0n) is 9.93. The Balaban J connectivity index is 1.56. The number of amides is 1. The highest BCUT2D eigenvalue weighted by Gasteiger charge is 2.37. The van der Waals surface area contributed by atoms with Gasteiger partial charge in [0.05, 0.1) is 25.3 Å². The van der Waals surface area contributed by atoms with Crippen LogP contribution in [0.4, 0.5) is 0 Å². The van der Waals surface area contributed by atoms with E-state index in [1.165, 1.54) is 0 Å². The minimum atomic E-state index is -0.583. The number of furan rings is 1. The molecular weight excluding hydrogens is 236 g/mol. The average Bonchev–Trinajstić information content (AvgIpc) is 2.87. The molecule has 0 aliphatic carbocycles. The molecule has 0 aromatic carbocycles. The third-order valence-corrected chi connectivity index (χ3v) is 2.86. The van der Waals surface area contributed by atoms with Crippen LogP contribution in [0.5, 0.6) is 0 Å². The van der Waals surface area contributed by atoms with E-state index in [0.29, 0.717) is 13.0 Å². The highest BCUT2D eigenvalue weighted by molar-refractivity contribution is 5.90. The first-order chi connectivity index (χ1) is 8.66. The van der Waals surface area contributed by atoms with Gasteiger partial charge in [-0.2, -0.15) is 0 Å². The molecule has 0 bridgehead atoms. The number of hydrogen-bond donors (Lipinski definition) is 2. The fourth-order valence-electron chi connectivity index (χ4n) is 1.76. The third-order valence-electron chi connectivity index (χ3n) is 2.86. The average molecular weight is 252 g/mol. The van der Waals surface area contributed by atoms with E-state index in [1.54, 1.807) is 6.26 Å². The first-order valence-corrected chi connectivity index (χ1v) is 5.91. The monoisotopic (exact) mass is 252 g/mol. The molecular formula is C12H16N2O4. The van der Waals surface area contributed by atoms with E-state index < -0.39 is 6.04 Å². The zero-order chi connectivity index (χ0) is 13.0. The molecule has 0 spiro atoms. The third kappa shape index (κ3) is 3.10. The van der Waals surface area contributed by atoms with Crippen LogP contribution in [0.1, 0.15) is 18.6 Å². The predicted octanol–water partition coefficient (Wildman–Crippen LogP) is -0.0288. The molecule has 6 nitrogen and oxygen atoms in total. The van der Waals surface area contributed by atoms with Gasteiger partial charge in [0.25, 0.3) is 0 Å². The molecule has 3 N–H and O–H groups in total. The summed E-state index contributed by atoms with van der Waals surface area (Å²) in [4.78, 5) is 22.2. The largest absolute Gasteiger partial charge is 0.469 e. The Morgan fingerprint density at radius 3 is 3.00 bits per heavy atom. The van der Waals surface area contributed by atoms with Gasteiger partial charge in [0.1, 0.15) is 11.8 Å². The first-order valence-electron chi connectivity index (χ1n) is 5.91. The van der Waals surface area contributed by atoms with Gasteiger partial charge in [0.15, 0.2) is 0 Å². The van der Waals surface area contributed by atoms with Crippen LogP contribution in [0.25, 0.3) is 0 Å². The number of hydrogen-bond acceptors (Lipinski definition) is 5. The van der Waals surface area contributed by atoms with E-state index in [4.69, 9.17) is 14.9 Å². The summed E-state index contributed by atoms with van der Waals surface area (Å²) in [5, 5.41) is 2.56. The van der Waals surface area contributed by atoms with Gasteiger partial charge in [0, 0.05) is 6.42 Å². The maximum Gasteiger partial charge on any atom is 0.307 e. The summed E-state index contributed by atoms with van der Waals surface area (Å²) >= 11 is 0. The molecule has 1 fully saturated rings. The minimum absolute atomic E-state index is 0.133. The van der Waals surface area contributed by atoms with Crippen molar-refractivity contribution in [3.63, 3.8) is 0 Å². The van der Waals surface area contributed by atoms with Crippen LogP contribution >= 0.6 is 0 Å². The molecule has 2 rings (SSSR count). The Labute approximate surface area is 104 Å². The lowest BCUT2D eigenvalue weighted by Gasteiger charge is -2.32. The molecule has 2 unspecified atom stereocenters. The van der Waals surface area contributed by atoms with Crippen molar-refractivity contribution in [1.82, 2.24) is 5.32 Å². The van der Waals surface area contributed by atoms with Crippen molar-refractivity contribution in [3.8, 4) is 0 Å². The number of carbonyl (C=O) groups excluding carboxylic acids is 2. The van der Waals surface area contributed by atoms with Gasteiger partial charge in [-0.1, -0.05) is 0 Å². The van der Waals surface area contributed by atoms with Gasteiger partial charge in [-0.3, -0.25) is 9.59 Å². The summed E-state index contributed by atoms with van der Waals surface area (Å²) in [6.45, 7) is 0.343. The number of nitrogens with two attached hydrogens (primary N) is 1. The molecule has 2 heterocycles. The SMILES string of the molecule is NC1C(=O)NC1CC(=O)OCCCc1ccco1. The second-order valence-electron chi connectivity index (χ2n) is 4.25. The number of rotatable bonds is 6. The maximum absolute atomic E-state index is 11.4. The molecule has 0 radical (unpaired) electrons. The molecule has 1 saturated heterocycles. The fourth-order valence-corrected chi connectivity index (χ4v) is 1.76. The Hall–Kier alpha value is -1.82. The lowest BCUT2D eigenvalue weighted by Crippen LogP contribution is -2.67. The second kappa shape index (κ2) is 5.68. The van der Waals surface area contributed by atoms with Crippen molar-refractivity contribution in [1.29, 1.82) is 0 Å². The molecule has 1 aliphatic heterocycles. The van der Waals surface area contributed by atoms with Crippen LogP contribution in [-0.4, -0.2) is 30.6 Å². The molecule has 6 heteroatoms. The summed E-state index contributed by atoms with van der Waals surface area (Å²) in [6, 6.07) is 2.84. The summed E-state index contributed by atoms with van der Waals surface area (Å²) in [5.74, 6) is 0.319. The van der Waals surface area contributed by atoms with E-state index >= 15 is 0 Å². The van der Waals surface area contributed by atoms with E-state index in [2.05, 4.69) is 5.32 Å². The number of carbonyl (C=O) groups is 2. The van der Waals surface area contributed by atoms with Gasteiger partial charge in [0.2, 0.25) is 5.91 Å². The van der Waals surface area contributed by atoms with Gasteiger partial charge in [-0.15, -0.1) is 0 Å². The van der Waals surface area contributed by atoms with Crippen molar-refractivity contribution >= 4 is 11.9 Å². The Morgan fingerprint density at radius 2 is 2.39 bits per heavy atom. The quantitative estimate of drug-likeness (QED) is 0.421. The van der Waals surface area contributed by atoms with Crippen LogP contribution in [0.3, 0.4) is 0 Å². The lowest BCUT2D eigenvalue weighted by molar-refractivity contribution is -0.146. The van der Waals surface area contributed by atoms with E-state index in [9.17, 15) is 9.59 Å². The molecule has 1 aromatic heterocycles. The van der Waals surface area contributed by atoms with Gasteiger partial charge in [-0.25, -0.2) is 0 Å². The van der Waals surface area contributed by atoms with Gasteiger partial charge < -0.3 is 20.2 Å². The summed E-state index contributed by atoms with van der Waals surface area (Å²) < 4.78 is 10.2. The Bertz CT molecular complexity index is 416. The molecule has 1 aromatic rings. The van der Waals surface area contributed by atoms with Crippen molar-refractivity contribution in [2.75, 3.05) is 6.61 Å². The number of nitrogens with one attached hydrogen (secondary N) is 1. The second-order valence-corrected chi connectivity index (χ2v) is 4.25. The standard InChI is InChI=1S/C12H16N2O4/c13-11-9(14-12(11)16)7-10(15)18-6-2-4-8-3-1-5-17-8/h1,3,5,9,11H,2,4,6-7,13H2,(H,14,16). The number of ether oxygens (including phenoxy) is 1. The number of aryl methyl sites for hydroxylation is 1. The lowest BCUT2D eigenvalue weighted by atomic mass is 9.97.